The van der Waals surface area contributed by atoms with Gasteiger partial charge in [0, 0.05) is 0 Å². The average molecular weight is 409 g/mol. The number of ether oxygens (including phenoxy) is 1. The Labute approximate surface area is 150 Å². The number of anilines is 1. The highest BCUT2D eigenvalue weighted by atomic mass is 79.9. The van der Waals surface area contributed by atoms with Crippen LogP contribution in [0.3, 0.4) is 0 Å². The molecule has 0 saturated carbocycles. The number of hydrogen-bond acceptors (Lipinski definition) is 4. The van der Waals surface area contributed by atoms with Crippen molar-refractivity contribution in [3.05, 3.63) is 51.7 Å². The van der Waals surface area contributed by atoms with Crippen molar-refractivity contribution < 1.29 is 13.9 Å². The van der Waals surface area contributed by atoms with E-state index in [1.54, 1.807) is 0 Å². The highest BCUT2D eigenvalue weighted by Gasteiger charge is 2.11. The number of carbonyl (C=O) groups excluding carboxylic acids is 1. The third kappa shape index (κ3) is 3.73. The predicted molar refractivity (Wildman–Crippen MR) is 97.3 cm³/mol. The molecule has 1 amide bonds. The van der Waals surface area contributed by atoms with Crippen molar-refractivity contribution in [2.75, 3.05) is 11.9 Å². The van der Waals surface area contributed by atoms with Gasteiger partial charge in [0.15, 0.2) is 11.7 Å². The van der Waals surface area contributed by atoms with E-state index in [9.17, 15) is 9.18 Å². The van der Waals surface area contributed by atoms with Gasteiger partial charge >= 0.3 is 0 Å². The Kier molecular flexibility index (Phi) is 4.82. The number of thiazole rings is 1. The number of aryl methyl sites for hydroxylation is 2. The van der Waals surface area contributed by atoms with E-state index in [1.165, 1.54) is 29.5 Å². The first-order valence-corrected chi connectivity index (χ1v) is 8.79. The van der Waals surface area contributed by atoms with Crippen molar-refractivity contribution in [3.63, 3.8) is 0 Å². The van der Waals surface area contributed by atoms with E-state index in [-0.39, 0.29) is 18.3 Å². The van der Waals surface area contributed by atoms with E-state index in [4.69, 9.17) is 4.74 Å². The average Bonchev–Trinajstić information content (AvgIpc) is 2.89. The molecule has 1 N–H and O–H groups in total. The van der Waals surface area contributed by atoms with Gasteiger partial charge in [0.1, 0.15) is 11.6 Å². The number of hydrogen-bond donors (Lipinski definition) is 1. The number of nitrogens with zero attached hydrogens (tertiary/aromatic N) is 1. The number of rotatable bonds is 4. The summed E-state index contributed by atoms with van der Waals surface area (Å²) in [6.07, 6.45) is 0. The monoisotopic (exact) mass is 408 g/mol. The van der Waals surface area contributed by atoms with Gasteiger partial charge in [-0.2, -0.15) is 0 Å². The summed E-state index contributed by atoms with van der Waals surface area (Å²) in [6.45, 7) is 3.84. The van der Waals surface area contributed by atoms with Crippen LogP contribution in [0, 0.1) is 19.7 Å². The quantitative estimate of drug-likeness (QED) is 0.672. The van der Waals surface area contributed by atoms with Crippen molar-refractivity contribution in [2.45, 2.75) is 13.8 Å². The molecule has 0 unspecified atom stereocenters. The first-order valence-electron chi connectivity index (χ1n) is 7.18. The zero-order chi connectivity index (χ0) is 17.3. The number of aromatic nitrogens is 1. The Morgan fingerprint density at radius 1 is 1.33 bits per heavy atom. The Hall–Kier alpha value is -1.99. The van der Waals surface area contributed by atoms with Crippen LogP contribution >= 0.6 is 27.3 Å². The van der Waals surface area contributed by atoms with Crippen molar-refractivity contribution in [1.82, 2.24) is 4.98 Å². The van der Waals surface area contributed by atoms with E-state index in [2.05, 4.69) is 32.3 Å². The molecule has 2 aromatic carbocycles. The number of benzene rings is 2. The zero-order valence-corrected chi connectivity index (χ0v) is 15.4. The van der Waals surface area contributed by atoms with Crippen LogP contribution < -0.4 is 10.1 Å². The highest BCUT2D eigenvalue weighted by Crippen LogP contribution is 2.29. The molecule has 3 aromatic rings. The van der Waals surface area contributed by atoms with Crippen LogP contribution in [-0.4, -0.2) is 17.5 Å². The second kappa shape index (κ2) is 6.86. The van der Waals surface area contributed by atoms with E-state index in [0.717, 1.165) is 21.3 Å². The maximum atomic E-state index is 13.0. The first kappa shape index (κ1) is 16.9. The van der Waals surface area contributed by atoms with E-state index >= 15 is 0 Å². The van der Waals surface area contributed by atoms with Crippen LogP contribution in [0.2, 0.25) is 0 Å². The molecule has 24 heavy (non-hydrogen) atoms. The van der Waals surface area contributed by atoms with Crippen molar-refractivity contribution >= 4 is 48.5 Å². The molecule has 0 aliphatic carbocycles. The summed E-state index contributed by atoms with van der Waals surface area (Å²) in [6, 6.07) is 8.13. The minimum absolute atomic E-state index is 0.182. The lowest BCUT2D eigenvalue weighted by Gasteiger charge is -2.07. The summed E-state index contributed by atoms with van der Waals surface area (Å²) < 4.78 is 19.9. The maximum Gasteiger partial charge on any atom is 0.264 e. The standard InChI is InChI=1S/C17H14BrFN2O2S/c1-9-5-10(2)16-14(6-9)24-17(21-16)20-15(22)8-23-13-4-3-11(19)7-12(13)18/h3-7H,8H2,1-2H3,(H,20,21,22). The Balaban J connectivity index is 1.67. The van der Waals surface area contributed by atoms with Crippen LogP contribution in [-0.2, 0) is 4.79 Å². The minimum Gasteiger partial charge on any atom is -0.483 e. The topological polar surface area (TPSA) is 51.2 Å². The van der Waals surface area contributed by atoms with Crippen LogP contribution in [0.1, 0.15) is 11.1 Å². The third-order valence-electron chi connectivity index (χ3n) is 3.33. The maximum absolute atomic E-state index is 13.0. The lowest BCUT2D eigenvalue weighted by atomic mass is 10.1. The number of fused-ring (bicyclic) bond motifs is 1. The fourth-order valence-corrected chi connectivity index (χ4v) is 3.84. The largest absolute Gasteiger partial charge is 0.483 e. The minimum atomic E-state index is -0.376. The number of nitrogens with one attached hydrogen (secondary N) is 1. The number of amides is 1. The summed E-state index contributed by atoms with van der Waals surface area (Å²) in [7, 11) is 0. The molecule has 3 rings (SSSR count). The fraction of sp³-hybridized carbons (Fsp3) is 0.176. The van der Waals surface area contributed by atoms with E-state index < -0.39 is 0 Å². The molecule has 0 spiro atoms. The molecule has 1 aromatic heterocycles. The van der Waals surface area contributed by atoms with Crippen molar-refractivity contribution in [1.29, 1.82) is 0 Å². The van der Waals surface area contributed by atoms with Gasteiger partial charge in [-0.05, 0) is 65.2 Å². The van der Waals surface area contributed by atoms with Gasteiger partial charge in [0.25, 0.3) is 5.91 Å². The Morgan fingerprint density at radius 3 is 2.88 bits per heavy atom. The Bertz CT molecular complexity index is 926. The molecule has 0 aliphatic heterocycles. The highest BCUT2D eigenvalue weighted by molar-refractivity contribution is 9.10. The Morgan fingerprint density at radius 2 is 2.12 bits per heavy atom. The number of halogens is 2. The smallest absolute Gasteiger partial charge is 0.264 e. The van der Waals surface area contributed by atoms with Gasteiger partial charge in [-0.25, -0.2) is 9.37 Å². The summed E-state index contributed by atoms with van der Waals surface area (Å²) in [5, 5.41) is 3.27. The molecule has 0 bridgehead atoms. The molecule has 0 saturated heterocycles. The molecular formula is C17H14BrFN2O2S. The van der Waals surface area contributed by atoms with Crippen LogP contribution in [0.25, 0.3) is 10.2 Å². The molecule has 0 fully saturated rings. The van der Waals surface area contributed by atoms with E-state index in [0.29, 0.717) is 15.4 Å². The molecular weight excluding hydrogens is 395 g/mol. The molecule has 1 heterocycles. The lowest BCUT2D eigenvalue weighted by molar-refractivity contribution is -0.118. The molecule has 7 heteroatoms. The van der Waals surface area contributed by atoms with Gasteiger partial charge in [-0.3, -0.25) is 10.1 Å². The molecule has 124 valence electrons. The van der Waals surface area contributed by atoms with Crippen molar-refractivity contribution in [3.8, 4) is 5.75 Å². The lowest BCUT2D eigenvalue weighted by Crippen LogP contribution is -2.20. The van der Waals surface area contributed by atoms with Gasteiger partial charge in [0.2, 0.25) is 0 Å². The van der Waals surface area contributed by atoms with Crippen LogP contribution in [0.15, 0.2) is 34.8 Å². The molecule has 4 nitrogen and oxygen atoms in total. The van der Waals surface area contributed by atoms with E-state index in [1.807, 2.05) is 19.9 Å². The second-order valence-electron chi connectivity index (χ2n) is 5.36. The summed E-state index contributed by atoms with van der Waals surface area (Å²) in [4.78, 5) is 16.5. The van der Waals surface area contributed by atoms with Crippen LogP contribution in [0.4, 0.5) is 9.52 Å². The van der Waals surface area contributed by atoms with Crippen LogP contribution in [0.5, 0.6) is 5.75 Å². The van der Waals surface area contributed by atoms with Gasteiger partial charge in [-0.1, -0.05) is 17.4 Å². The zero-order valence-electron chi connectivity index (χ0n) is 13.0. The van der Waals surface area contributed by atoms with Gasteiger partial charge in [-0.15, -0.1) is 0 Å². The van der Waals surface area contributed by atoms with Gasteiger partial charge < -0.3 is 4.74 Å². The third-order valence-corrected chi connectivity index (χ3v) is 4.87. The molecule has 0 radical (unpaired) electrons. The normalized spacial score (nSPS) is 10.8. The SMILES string of the molecule is Cc1cc(C)c2nc(NC(=O)COc3ccc(F)cc3Br)sc2c1. The molecule has 0 aliphatic rings. The summed E-state index contributed by atoms with van der Waals surface area (Å²) >= 11 is 4.62. The number of carbonyl (C=O) groups is 1. The van der Waals surface area contributed by atoms with Gasteiger partial charge in [0.05, 0.1) is 14.7 Å². The fourth-order valence-electron chi connectivity index (χ4n) is 2.31. The summed E-state index contributed by atoms with van der Waals surface area (Å²) in [5.74, 6) is -0.291. The second-order valence-corrected chi connectivity index (χ2v) is 7.24. The molecule has 0 atom stereocenters. The predicted octanol–water partition coefficient (Wildman–Crippen LogP) is 4.83. The first-order chi connectivity index (χ1) is 11.4. The van der Waals surface area contributed by atoms with Crippen molar-refractivity contribution in [2.24, 2.45) is 0 Å². The summed E-state index contributed by atoms with van der Waals surface area (Å²) in [5.41, 5.74) is 3.13.